The van der Waals surface area contributed by atoms with Gasteiger partial charge in [0.2, 0.25) is 0 Å². The Hall–Kier alpha value is -3.49. The number of amides is 1. The van der Waals surface area contributed by atoms with Crippen molar-refractivity contribution in [1.29, 1.82) is 0 Å². The molecule has 0 unspecified atom stereocenters. The molecular weight excluding hydrogens is 466 g/mol. The molecule has 0 aliphatic rings. The molecule has 4 rings (SSSR count). The van der Waals surface area contributed by atoms with Gasteiger partial charge in [0.25, 0.3) is 15.9 Å². The number of carbonyl (C=O) groups is 1. The largest absolute Gasteiger partial charge is 0.312 e. The minimum Gasteiger partial charge on any atom is -0.312 e. The van der Waals surface area contributed by atoms with E-state index in [9.17, 15) is 13.2 Å². The van der Waals surface area contributed by atoms with Gasteiger partial charge in [-0.3, -0.25) is 9.10 Å². The topological polar surface area (TPSA) is 71.7 Å². The van der Waals surface area contributed by atoms with E-state index >= 15 is 0 Å². The number of thiazole rings is 1. The number of para-hydroxylation sites is 1. The summed E-state index contributed by atoms with van der Waals surface area (Å²) in [5.41, 5.74) is 3.09. The number of nitrogens with zero attached hydrogens (tertiary/aromatic N) is 3. The van der Waals surface area contributed by atoms with Crippen molar-refractivity contribution in [1.82, 2.24) is 4.57 Å². The van der Waals surface area contributed by atoms with Gasteiger partial charge in [0.05, 0.1) is 20.8 Å². The van der Waals surface area contributed by atoms with Crippen LogP contribution in [0.25, 0.3) is 10.2 Å². The third-order valence-corrected chi connectivity index (χ3v) is 8.38. The van der Waals surface area contributed by atoms with Crippen LogP contribution in [0.2, 0.25) is 0 Å². The molecule has 1 amide bonds. The van der Waals surface area contributed by atoms with Gasteiger partial charge >= 0.3 is 0 Å². The third kappa shape index (κ3) is 4.60. The highest BCUT2D eigenvalue weighted by Crippen LogP contribution is 2.23. The number of aryl methyl sites for hydroxylation is 1. The van der Waals surface area contributed by atoms with Crippen molar-refractivity contribution in [2.24, 2.45) is 4.99 Å². The van der Waals surface area contributed by atoms with E-state index in [0.717, 1.165) is 16.6 Å². The van der Waals surface area contributed by atoms with Gasteiger partial charge in [0.1, 0.15) is 0 Å². The zero-order chi connectivity index (χ0) is 24.3. The standard InChI is InChI=1S/C26H25N3O3S2/c1-4-17-29-23-16-11-19(5-2)18-24(23)33-26(29)27-25(30)20-12-14-22(15-13-20)34(31,32)28(3)21-9-7-6-8-10-21/h4,6-16,18H,1,5,17H2,2-3H3. The van der Waals surface area contributed by atoms with Gasteiger partial charge < -0.3 is 4.57 Å². The molecule has 3 aromatic carbocycles. The maximum absolute atomic E-state index is 13.0. The van der Waals surface area contributed by atoms with Crippen LogP contribution < -0.4 is 9.11 Å². The Morgan fingerprint density at radius 3 is 2.44 bits per heavy atom. The summed E-state index contributed by atoms with van der Waals surface area (Å²) in [5, 5.41) is 0. The van der Waals surface area contributed by atoms with Crippen molar-refractivity contribution in [3.05, 3.63) is 101 Å². The highest BCUT2D eigenvalue weighted by molar-refractivity contribution is 7.92. The molecule has 8 heteroatoms. The minimum absolute atomic E-state index is 0.103. The van der Waals surface area contributed by atoms with Gasteiger partial charge in [-0.15, -0.1) is 6.58 Å². The van der Waals surface area contributed by atoms with Gasteiger partial charge in [0, 0.05) is 19.2 Å². The van der Waals surface area contributed by atoms with E-state index in [4.69, 9.17) is 0 Å². The summed E-state index contributed by atoms with van der Waals surface area (Å²) in [6.45, 7) is 6.45. The molecule has 4 aromatic rings. The van der Waals surface area contributed by atoms with Crippen molar-refractivity contribution in [2.75, 3.05) is 11.4 Å². The molecule has 0 N–H and O–H groups in total. The summed E-state index contributed by atoms with van der Waals surface area (Å²) in [7, 11) is -2.25. The Morgan fingerprint density at radius 2 is 1.79 bits per heavy atom. The summed E-state index contributed by atoms with van der Waals surface area (Å²) in [4.78, 5) is 18.0. The number of rotatable bonds is 7. The van der Waals surface area contributed by atoms with Crippen molar-refractivity contribution < 1.29 is 13.2 Å². The lowest BCUT2D eigenvalue weighted by molar-refractivity contribution is 0.0998. The van der Waals surface area contributed by atoms with Crippen LogP contribution >= 0.6 is 11.3 Å². The van der Waals surface area contributed by atoms with Crippen LogP contribution in [-0.2, 0) is 23.0 Å². The first kappa shape index (κ1) is 23.7. The van der Waals surface area contributed by atoms with Crippen LogP contribution in [0.4, 0.5) is 5.69 Å². The average Bonchev–Trinajstić information content (AvgIpc) is 3.20. The predicted molar refractivity (Wildman–Crippen MR) is 138 cm³/mol. The number of allylic oxidation sites excluding steroid dienone is 1. The van der Waals surface area contributed by atoms with Crippen LogP contribution in [0, 0.1) is 0 Å². The monoisotopic (exact) mass is 491 g/mol. The van der Waals surface area contributed by atoms with Crippen LogP contribution in [0.1, 0.15) is 22.8 Å². The molecular formula is C26H25N3O3S2. The fraction of sp³-hybridized carbons (Fsp3) is 0.154. The van der Waals surface area contributed by atoms with Gasteiger partial charge in [0.15, 0.2) is 4.80 Å². The van der Waals surface area contributed by atoms with Crippen LogP contribution in [-0.4, -0.2) is 25.9 Å². The summed E-state index contributed by atoms with van der Waals surface area (Å²) in [6.07, 6.45) is 2.70. The Morgan fingerprint density at radius 1 is 1.09 bits per heavy atom. The fourth-order valence-corrected chi connectivity index (χ4v) is 5.88. The lowest BCUT2D eigenvalue weighted by Crippen LogP contribution is -2.26. The molecule has 0 saturated carbocycles. The zero-order valence-electron chi connectivity index (χ0n) is 19.0. The van der Waals surface area contributed by atoms with Crippen LogP contribution in [0.3, 0.4) is 0 Å². The Kier molecular flexibility index (Phi) is 6.81. The molecule has 6 nitrogen and oxygen atoms in total. The van der Waals surface area contributed by atoms with Crippen molar-refractivity contribution in [2.45, 2.75) is 24.8 Å². The number of sulfonamides is 1. The maximum atomic E-state index is 13.0. The van der Waals surface area contributed by atoms with E-state index < -0.39 is 15.9 Å². The predicted octanol–water partition coefficient (Wildman–Crippen LogP) is 5.02. The number of benzene rings is 3. The van der Waals surface area contributed by atoms with E-state index in [1.54, 1.807) is 30.3 Å². The molecule has 0 bridgehead atoms. The average molecular weight is 492 g/mol. The Labute approximate surface area is 203 Å². The number of aromatic nitrogens is 1. The molecule has 0 radical (unpaired) electrons. The highest BCUT2D eigenvalue weighted by Gasteiger charge is 2.21. The van der Waals surface area contributed by atoms with E-state index in [0.29, 0.717) is 22.6 Å². The van der Waals surface area contributed by atoms with E-state index in [2.05, 4.69) is 30.6 Å². The first-order chi connectivity index (χ1) is 16.3. The van der Waals surface area contributed by atoms with Crippen molar-refractivity contribution in [3.63, 3.8) is 0 Å². The fourth-order valence-electron chi connectivity index (χ4n) is 3.58. The molecule has 0 fully saturated rings. The first-order valence-electron chi connectivity index (χ1n) is 10.8. The summed E-state index contributed by atoms with van der Waals surface area (Å²) < 4.78 is 30.2. The molecule has 1 aromatic heterocycles. The number of carbonyl (C=O) groups excluding carboxylic acids is 1. The normalized spacial score (nSPS) is 12.1. The van der Waals surface area contributed by atoms with Crippen LogP contribution in [0.15, 0.2) is 95.3 Å². The first-order valence-corrected chi connectivity index (χ1v) is 13.1. The smallest absolute Gasteiger partial charge is 0.279 e. The van der Waals surface area contributed by atoms with Gasteiger partial charge in [-0.1, -0.05) is 48.6 Å². The second-order valence-corrected chi connectivity index (χ2v) is 10.7. The molecule has 174 valence electrons. The van der Waals surface area contributed by atoms with E-state index in [-0.39, 0.29) is 4.90 Å². The molecule has 1 heterocycles. The number of fused-ring (bicyclic) bond motifs is 1. The number of hydrogen-bond donors (Lipinski definition) is 0. The highest BCUT2D eigenvalue weighted by atomic mass is 32.2. The van der Waals surface area contributed by atoms with Gasteiger partial charge in [-0.05, 0) is 60.5 Å². The lowest BCUT2D eigenvalue weighted by atomic mass is 10.2. The summed E-state index contributed by atoms with van der Waals surface area (Å²) in [6, 6.07) is 20.9. The molecule has 0 spiro atoms. The lowest BCUT2D eigenvalue weighted by Gasteiger charge is -2.19. The second kappa shape index (κ2) is 9.79. The molecule has 0 atom stereocenters. The number of hydrogen-bond acceptors (Lipinski definition) is 4. The summed E-state index contributed by atoms with van der Waals surface area (Å²) >= 11 is 1.45. The van der Waals surface area contributed by atoms with Gasteiger partial charge in [-0.25, -0.2) is 8.42 Å². The molecule has 34 heavy (non-hydrogen) atoms. The van der Waals surface area contributed by atoms with E-state index in [1.807, 2.05) is 16.7 Å². The molecule has 0 aliphatic heterocycles. The van der Waals surface area contributed by atoms with Gasteiger partial charge in [-0.2, -0.15) is 4.99 Å². The van der Waals surface area contributed by atoms with Crippen molar-refractivity contribution >= 4 is 43.2 Å². The molecule has 0 saturated heterocycles. The summed E-state index contributed by atoms with van der Waals surface area (Å²) in [5.74, 6) is -0.430. The zero-order valence-corrected chi connectivity index (χ0v) is 20.6. The maximum Gasteiger partial charge on any atom is 0.279 e. The molecule has 0 aliphatic carbocycles. The Balaban J connectivity index is 1.66. The van der Waals surface area contributed by atoms with E-state index in [1.165, 1.54) is 52.5 Å². The quantitative estimate of drug-likeness (QED) is 0.341. The SMILES string of the molecule is C=CCn1c(=NC(=O)c2ccc(S(=O)(=O)N(C)c3ccccc3)cc2)sc2cc(CC)ccc21. The third-order valence-electron chi connectivity index (χ3n) is 5.54. The van der Waals surface area contributed by atoms with Crippen molar-refractivity contribution in [3.8, 4) is 0 Å². The van der Waals surface area contributed by atoms with Crippen LogP contribution in [0.5, 0.6) is 0 Å². The minimum atomic E-state index is -3.75. The number of anilines is 1. The second-order valence-electron chi connectivity index (χ2n) is 7.69. The Bertz CT molecular complexity index is 1520.